The number of aromatic nitrogens is 1. The Kier molecular flexibility index (Phi) is 4.93. The molecule has 0 unspecified atom stereocenters. The van der Waals surface area contributed by atoms with Crippen molar-refractivity contribution in [3.63, 3.8) is 0 Å². The van der Waals surface area contributed by atoms with Crippen molar-refractivity contribution in [2.45, 2.75) is 6.42 Å². The van der Waals surface area contributed by atoms with E-state index in [-0.39, 0.29) is 0 Å². The molecule has 5 nitrogen and oxygen atoms in total. The molecule has 3 aromatic rings. The van der Waals surface area contributed by atoms with Gasteiger partial charge in [-0.1, -0.05) is 6.07 Å². The van der Waals surface area contributed by atoms with E-state index in [1.807, 2.05) is 36.5 Å². The van der Waals surface area contributed by atoms with Gasteiger partial charge >= 0.3 is 0 Å². The number of hydrogen-bond donors (Lipinski definition) is 0. The molecule has 0 saturated carbocycles. The van der Waals surface area contributed by atoms with Crippen LogP contribution in [-0.4, -0.2) is 33.4 Å². The van der Waals surface area contributed by atoms with Gasteiger partial charge < -0.3 is 18.9 Å². The summed E-state index contributed by atoms with van der Waals surface area (Å²) >= 11 is 0. The first-order chi connectivity index (χ1) is 12.2. The van der Waals surface area contributed by atoms with Crippen LogP contribution in [0.1, 0.15) is 11.3 Å². The molecular weight excluding hydrogens is 318 g/mol. The minimum Gasteiger partial charge on any atom is -0.493 e. The van der Waals surface area contributed by atoms with E-state index >= 15 is 0 Å². The van der Waals surface area contributed by atoms with Crippen molar-refractivity contribution >= 4 is 10.8 Å². The van der Waals surface area contributed by atoms with Crippen molar-refractivity contribution in [3.8, 4) is 23.0 Å². The Labute approximate surface area is 147 Å². The molecule has 0 aliphatic carbocycles. The smallest absolute Gasteiger partial charge is 0.161 e. The molecule has 3 rings (SSSR count). The Morgan fingerprint density at radius 1 is 0.680 bits per heavy atom. The third-order valence-electron chi connectivity index (χ3n) is 4.11. The first-order valence-electron chi connectivity index (χ1n) is 7.90. The second kappa shape index (κ2) is 7.30. The molecule has 0 aliphatic heterocycles. The fourth-order valence-corrected chi connectivity index (χ4v) is 2.81. The van der Waals surface area contributed by atoms with Gasteiger partial charge in [0.1, 0.15) is 0 Å². The molecule has 0 saturated heterocycles. The number of rotatable bonds is 6. The van der Waals surface area contributed by atoms with Crippen molar-refractivity contribution in [2.24, 2.45) is 0 Å². The molecule has 0 amide bonds. The summed E-state index contributed by atoms with van der Waals surface area (Å²) < 4.78 is 21.4. The second-order valence-electron chi connectivity index (χ2n) is 5.60. The maximum absolute atomic E-state index is 5.38. The fraction of sp³-hybridized carbons (Fsp3) is 0.250. The van der Waals surface area contributed by atoms with Gasteiger partial charge in [0.25, 0.3) is 0 Å². The Bertz CT molecular complexity index is 892. The molecule has 0 fully saturated rings. The van der Waals surface area contributed by atoms with Crippen LogP contribution in [0.2, 0.25) is 0 Å². The summed E-state index contributed by atoms with van der Waals surface area (Å²) in [6.07, 6.45) is 2.55. The van der Waals surface area contributed by atoms with Crippen LogP contribution >= 0.6 is 0 Å². The average molecular weight is 339 g/mol. The van der Waals surface area contributed by atoms with Gasteiger partial charge in [0.05, 0.1) is 28.4 Å². The van der Waals surface area contributed by atoms with E-state index < -0.39 is 0 Å². The topological polar surface area (TPSA) is 49.8 Å². The van der Waals surface area contributed by atoms with Crippen molar-refractivity contribution in [1.29, 1.82) is 0 Å². The monoisotopic (exact) mass is 339 g/mol. The lowest BCUT2D eigenvalue weighted by Crippen LogP contribution is -1.96. The van der Waals surface area contributed by atoms with Crippen LogP contribution in [0, 0.1) is 0 Å². The minimum atomic E-state index is 0.699. The van der Waals surface area contributed by atoms with E-state index in [9.17, 15) is 0 Å². The second-order valence-corrected chi connectivity index (χ2v) is 5.60. The maximum atomic E-state index is 5.38. The Morgan fingerprint density at radius 2 is 1.28 bits per heavy atom. The lowest BCUT2D eigenvalue weighted by molar-refractivity contribution is 0.354. The van der Waals surface area contributed by atoms with Crippen molar-refractivity contribution in [3.05, 3.63) is 53.9 Å². The normalized spacial score (nSPS) is 10.6. The highest BCUT2D eigenvalue weighted by atomic mass is 16.5. The van der Waals surface area contributed by atoms with Gasteiger partial charge in [0.15, 0.2) is 23.0 Å². The molecule has 5 heteroatoms. The predicted molar refractivity (Wildman–Crippen MR) is 97.2 cm³/mol. The molecule has 25 heavy (non-hydrogen) atoms. The van der Waals surface area contributed by atoms with Crippen molar-refractivity contribution < 1.29 is 18.9 Å². The number of pyridine rings is 1. The summed E-state index contributed by atoms with van der Waals surface area (Å²) in [5.41, 5.74) is 2.07. The highest BCUT2D eigenvalue weighted by Gasteiger charge is 2.09. The number of nitrogens with zero attached hydrogens (tertiary/aromatic N) is 1. The molecule has 0 aliphatic rings. The fourth-order valence-electron chi connectivity index (χ4n) is 2.81. The largest absolute Gasteiger partial charge is 0.493 e. The quantitative estimate of drug-likeness (QED) is 0.682. The van der Waals surface area contributed by atoms with E-state index in [0.717, 1.165) is 27.8 Å². The van der Waals surface area contributed by atoms with Crippen LogP contribution < -0.4 is 18.9 Å². The molecular formula is C20H21NO4. The first-order valence-corrected chi connectivity index (χ1v) is 7.90. The molecule has 0 bridgehead atoms. The first kappa shape index (κ1) is 16.9. The molecule has 0 radical (unpaired) electrons. The minimum absolute atomic E-state index is 0.699. The van der Waals surface area contributed by atoms with Gasteiger partial charge in [-0.3, -0.25) is 4.98 Å². The van der Waals surface area contributed by atoms with E-state index in [2.05, 4.69) is 11.1 Å². The van der Waals surface area contributed by atoms with E-state index in [0.29, 0.717) is 23.7 Å². The third kappa shape index (κ3) is 3.45. The lowest BCUT2D eigenvalue weighted by Gasteiger charge is -2.11. The van der Waals surface area contributed by atoms with Crippen LogP contribution in [0.15, 0.2) is 42.6 Å². The van der Waals surface area contributed by atoms with E-state index in [1.54, 1.807) is 28.4 Å². The van der Waals surface area contributed by atoms with Gasteiger partial charge in [-0.25, -0.2) is 0 Å². The Balaban J connectivity index is 1.94. The summed E-state index contributed by atoms with van der Waals surface area (Å²) in [6.45, 7) is 0. The zero-order valence-corrected chi connectivity index (χ0v) is 14.8. The van der Waals surface area contributed by atoms with Crippen LogP contribution in [-0.2, 0) is 6.42 Å². The SMILES string of the molecule is COc1ccc(Cc2cc3cc(OC)c(OC)cc3cn2)cc1OC. The number of methoxy groups -OCH3 is 4. The highest BCUT2D eigenvalue weighted by Crippen LogP contribution is 2.33. The number of hydrogen-bond acceptors (Lipinski definition) is 5. The van der Waals surface area contributed by atoms with Crippen molar-refractivity contribution in [2.75, 3.05) is 28.4 Å². The summed E-state index contributed by atoms with van der Waals surface area (Å²) in [4.78, 5) is 4.56. The van der Waals surface area contributed by atoms with Gasteiger partial charge in [0, 0.05) is 23.7 Å². The molecule has 0 atom stereocenters. The van der Waals surface area contributed by atoms with Crippen LogP contribution in [0.3, 0.4) is 0 Å². The van der Waals surface area contributed by atoms with Gasteiger partial charge in [-0.15, -0.1) is 0 Å². The molecule has 0 N–H and O–H groups in total. The Hall–Kier alpha value is -2.95. The van der Waals surface area contributed by atoms with Gasteiger partial charge in [-0.2, -0.15) is 0 Å². The molecule has 2 aromatic carbocycles. The van der Waals surface area contributed by atoms with Crippen LogP contribution in [0.4, 0.5) is 0 Å². The maximum Gasteiger partial charge on any atom is 0.161 e. The average Bonchev–Trinajstić information content (AvgIpc) is 2.66. The van der Waals surface area contributed by atoms with E-state index in [4.69, 9.17) is 18.9 Å². The molecule has 1 aromatic heterocycles. The predicted octanol–water partition coefficient (Wildman–Crippen LogP) is 3.86. The summed E-state index contributed by atoms with van der Waals surface area (Å²) in [5.74, 6) is 2.84. The summed E-state index contributed by atoms with van der Waals surface area (Å²) in [6, 6.07) is 11.9. The summed E-state index contributed by atoms with van der Waals surface area (Å²) in [7, 11) is 6.53. The lowest BCUT2D eigenvalue weighted by atomic mass is 10.1. The van der Waals surface area contributed by atoms with Crippen molar-refractivity contribution in [1.82, 2.24) is 4.98 Å². The highest BCUT2D eigenvalue weighted by molar-refractivity contribution is 5.85. The van der Waals surface area contributed by atoms with Crippen LogP contribution in [0.25, 0.3) is 10.8 Å². The number of fused-ring (bicyclic) bond motifs is 1. The van der Waals surface area contributed by atoms with Crippen LogP contribution in [0.5, 0.6) is 23.0 Å². The zero-order chi connectivity index (χ0) is 17.8. The van der Waals surface area contributed by atoms with E-state index in [1.165, 1.54) is 0 Å². The zero-order valence-electron chi connectivity index (χ0n) is 14.8. The molecule has 0 spiro atoms. The standard InChI is InChI=1S/C20H21NO4/c1-22-17-6-5-13(8-18(17)23-2)7-16-9-14-10-19(24-3)20(25-4)11-15(14)12-21-16/h5-6,8-12H,7H2,1-4H3. The Morgan fingerprint density at radius 3 is 1.92 bits per heavy atom. The number of benzene rings is 2. The third-order valence-corrected chi connectivity index (χ3v) is 4.11. The van der Waals surface area contributed by atoms with Gasteiger partial charge in [0.2, 0.25) is 0 Å². The molecule has 1 heterocycles. The van der Waals surface area contributed by atoms with Gasteiger partial charge in [-0.05, 0) is 41.3 Å². The number of ether oxygens (including phenoxy) is 4. The summed E-state index contributed by atoms with van der Waals surface area (Å²) in [5, 5.41) is 2.07. The molecule has 130 valence electrons.